The fraction of sp³-hybridized carbons (Fsp3) is 0.571. The Morgan fingerprint density at radius 2 is 2.25 bits per heavy atom. The number of hydrogen-bond donors (Lipinski definition) is 1. The lowest BCUT2D eigenvalue weighted by Gasteiger charge is -2.02. The van der Waals surface area contributed by atoms with Crippen LogP contribution in [0.25, 0.3) is 0 Å². The normalized spacial score (nSPS) is 10.6. The predicted molar refractivity (Wildman–Crippen MR) is 50.7 cm³/mol. The molecule has 0 bridgehead atoms. The highest BCUT2D eigenvalue weighted by molar-refractivity contribution is 7.99. The summed E-state index contributed by atoms with van der Waals surface area (Å²) >= 11 is 1.78. The molecule has 0 saturated carbocycles. The Kier molecular flexibility index (Phi) is 3.28. The van der Waals surface area contributed by atoms with Crippen molar-refractivity contribution in [2.45, 2.75) is 24.9 Å². The zero-order chi connectivity index (χ0) is 8.97. The van der Waals surface area contributed by atoms with Crippen LogP contribution in [0.2, 0.25) is 0 Å². The summed E-state index contributed by atoms with van der Waals surface area (Å²) in [6.45, 7) is 4.27. The van der Waals surface area contributed by atoms with E-state index in [-0.39, 0.29) is 0 Å². The van der Waals surface area contributed by atoms with Gasteiger partial charge in [0.05, 0.1) is 5.75 Å². The summed E-state index contributed by atoms with van der Waals surface area (Å²) in [5.74, 6) is 1.84. The maximum Gasteiger partial charge on any atom is 0.223 e. The van der Waals surface area contributed by atoms with Gasteiger partial charge in [-0.25, -0.2) is 9.97 Å². The van der Waals surface area contributed by atoms with Crippen LogP contribution in [0, 0.1) is 0 Å². The first-order valence-electron chi connectivity index (χ1n) is 3.73. The monoisotopic (exact) mass is 184 g/mol. The van der Waals surface area contributed by atoms with Crippen molar-refractivity contribution in [1.82, 2.24) is 15.0 Å². The van der Waals surface area contributed by atoms with Crippen molar-refractivity contribution in [3.05, 3.63) is 12.2 Å². The van der Waals surface area contributed by atoms with Crippen LogP contribution >= 0.6 is 11.8 Å². The summed E-state index contributed by atoms with van der Waals surface area (Å²) in [4.78, 5) is 11.7. The Bertz CT molecular complexity index is 251. The first kappa shape index (κ1) is 9.25. The molecule has 1 aromatic heterocycles. The molecule has 1 heterocycles. The van der Waals surface area contributed by atoms with Gasteiger partial charge in [0.1, 0.15) is 12.2 Å². The molecule has 12 heavy (non-hydrogen) atoms. The van der Waals surface area contributed by atoms with E-state index in [1.54, 1.807) is 11.8 Å². The van der Waals surface area contributed by atoms with Gasteiger partial charge in [0.2, 0.25) is 5.95 Å². The average molecular weight is 184 g/mol. The molecule has 5 heteroatoms. The molecular weight excluding hydrogens is 172 g/mol. The van der Waals surface area contributed by atoms with Crippen molar-refractivity contribution in [3.8, 4) is 0 Å². The van der Waals surface area contributed by atoms with Gasteiger partial charge in [0.15, 0.2) is 0 Å². The fourth-order valence-electron chi connectivity index (χ4n) is 0.655. The second-order valence-electron chi connectivity index (χ2n) is 2.62. The minimum Gasteiger partial charge on any atom is -0.368 e. The average Bonchev–Trinajstić information content (AvgIpc) is 2.01. The Hall–Kier alpha value is -0.840. The maximum absolute atomic E-state index is 5.39. The number of nitrogen functional groups attached to an aromatic ring is 1. The van der Waals surface area contributed by atoms with Crippen LogP contribution in [-0.2, 0) is 5.75 Å². The zero-order valence-electron chi connectivity index (χ0n) is 7.19. The molecule has 1 aromatic rings. The van der Waals surface area contributed by atoms with Crippen LogP contribution in [0.15, 0.2) is 6.33 Å². The Labute approximate surface area is 76.0 Å². The maximum atomic E-state index is 5.39. The smallest absolute Gasteiger partial charge is 0.223 e. The van der Waals surface area contributed by atoms with E-state index in [1.165, 1.54) is 6.33 Å². The number of anilines is 1. The lowest BCUT2D eigenvalue weighted by molar-refractivity contribution is 0.969. The van der Waals surface area contributed by atoms with Crippen LogP contribution in [0.1, 0.15) is 19.7 Å². The Morgan fingerprint density at radius 3 is 2.83 bits per heavy atom. The van der Waals surface area contributed by atoms with Gasteiger partial charge >= 0.3 is 0 Å². The van der Waals surface area contributed by atoms with Crippen LogP contribution in [0.3, 0.4) is 0 Å². The molecule has 4 nitrogen and oxygen atoms in total. The van der Waals surface area contributed by atoms with Gasteiger partial charge in [-0.1, -0.05) is 13.8 Å². The molecule has 0 spiro atoms. The van der Waals surface area contributed by atoms with E-state index in [1.807, 2.05) is 0 Å². The molecule has 0 radical (unpaired) electrons. The highest BCUT2D eigenvalue weighted by Gasteiger charge is 1.99. The molecule has 0 aliphatic carbocycles. The summed E-state index contributed by atoms with van der Waals surface area (Å²) in [7, 11) is 0. The lowest BCUT2D eigenvalue weighted by atomic mass is 10.6. The Morgan fingerprint density at radius 1 is 1.50 bits per heavy atom. The first-order valence-corrected chi connectivity index (χ1v) is 4.78. The standard InChI is InChI=1S/C7H12N4S/c1-5(2)12-3-6-9-4-10-7(8)11-6/h4-5H,3H2,1-2H3,(H2,8,9,10,11). The minimum atomic E-state index is 0.296. The molecule has 2 N–H and O–H groups in total. The van der Waals surface area contributed by atoms with E-state index in [4.69, 9.17) is 5.73 Å². The topological polar surface area (TPSA) is 64.7 Å². The number of nitrogens with zero attached hydrogens (tertiary/aromatic N) is 3. The van der Waals surface area contributed by atoms with Crippen molar-refractivity contribution in [3.63, 3.8) is 0 Å². The van der Waals surface area contributed by atoms with E-state index in [0.717, 1.165) is 11.6 Å². The van der Waals surface area contributed by atoms with Gasteiger partial charge in [-0.05, 0) is 5.25 Å². The Balaban J connectivity index is 2.52. The van der Waals surface area contributed by atoms with Crippen LogP contribution in [0.4, 0.5) is 5.95 Å². The van der Waals surface area contributed by atoms with E-state index < -0.39 is 0 Å². The molecule has 0 aromatic carbocycles. The number of hydrogen-bond acceptors (Lipinski definition) is 5. The van der Waals surface area contributed by atoms with Gasteiger partial charge in [0, 0.05) is 0 Å². The molecule has 0 fully saturated rings. The number of nitrogens with two attached hydrogens (primary N) is 1. The highest BCUT2D eigenvalue weighted by Crippen LogP contribution is 2.13. The molecule has 0 unspecified atom stereocenters. The summed E-state index contributed by atoms with van der Waals surface area (Å²) < 4.78 is 0. The second-order valence-corrected chi connectivity index (χ2v) is 4.18. The molecule has 0 aliphatic heterocycles. The van der Waals surface area contributed by atoms with Crippen molar-refractivity contribution >= 4 is 17.7 Å². The molecule has 0 atom stereocenters. The molecule has 0 amide bonds. The minimum absolute atomic E-state index is 0.296. The van der Waals surface area contributed by atoms with Gasteiger partial charge in [-0.15, -0.1) is 0 Å². The number of rotatable bonds is 3. The van der Waals surface area contributed by atoms with Crippen molar-refractivity contribution in [2.24, 2.45) is 0 Å². The molecule has 1 rings (SSSR count). The van der Waals surface area contributed by atoms with Crippen LogP contribution < -0.4 is 5.73 Å². The quantitative estimate of drug-likeness (QED) is 0.762. The van der Waals surface area contributed by atoms with Crippen LogP contribution in [-0.4, -0.2) is 20.2 Å². The first-order chi connectivity index (χ1) is 5.68. The van der Waals surface area contributed by atoms with Gasteiger partial charge in [-0.2, -0.15) is 16.7 Å². The zero-order valence-corrected chi connectivity index (χ0v) is 8.01. The fourth-order valence-corrected chi connectivity index (χ4v) is 1.28. The second kappa shape index (κ2) is 4.25. The SMILES string of the molecule is CC(C)SCc1ncnc(N)n1. The molecule has 0 saturated heterocycles. The lowest BCUT2D eigenvalue weighted by Crippen LogP contribution is -2.01. The van der Waals surface area contributed by atoms with Gasteiger partial charge in [0.25, 0.3) is 0 Å². The molecular formula is C7H12N4S. The summed E-state index contributed by atoms with van der Waals surface area (Å²) in [5.41, 5.74) is 5.39. The summed E-state index contributed by atoms with van der Waals surface area (Å²) in [6.07, 6.45) is 1.44. The third kappa shape index (κ3) is 3.04. The predicted octanol–water partition coefficient (Wildman–Crippen LogP) is 1.10. The number of aromatic nitrogens is 3. The van der Waals surface area contributed by atoms with Gasteiger partial charge in [-0.3, -0.25) is 0 Å². The summed E-state index contributed by atoms with van der Waals surface area (Å²) in [6, 6.07) is 0. The summed E-state index contributed by atoms with van der Waals surface area (Å²) in [5, 5.41) is 0.586. The van der Waals surface area contributed by atoms with E-state index in [2.05, 4.69) is 28.8 Å². The van der Waals surface area contributed by atoms with Gasteiger partial charge < -0.3 is 5.73 Å². The highest BCUT2D eigenvalue weighted by atomic mass is 32.2. The van der Waals surface area contributed by atoms with Crippen molar-refractivity contribution in [1.29, 1.82) is 0 Å². The van der Waals surface area contributed by atoms with Crippen LogP contribution in [0.5, 0.6) is 0 Å². The van der Waals surface area contributed by atoms with Crippen molar-refractivity contribution in [2.75, 3.05) is 5.73 Å². The van der Waals surface area contributed by atoms with Crippen molar-refractivity contribution < 1.29 is 0 Å². The third-order valence-electron chi connectivity index (χ3n) is 1.19. The molecule has 0 aliphatic rings. The van der Waals surface area contributed by atoms with E-state index in [0.29, 0.717) is 11.2 Å². The van der Waals surface area contributed by atoms with E-state index in [9.17, 15) is 0 Å². The largest absolute Gasteiger partial charge is 0.368 e. The van der Waals surface area contributed by atoms with E-state index >= 15 is 0 Å². The third-order valence-corrected chi connectivity index (χ3v) is 2.28. The number of thioether (sulfide) groups is 1. The molecule has 66 valence electrons.